The molecule has 1 unspecified atom stereocenters. The molecule has 0 aliphatic rings. The molecule has 0 aliphatic carbocycles. The van der Waals surface area contributed by atoms with Gasteiger partial charge in [0.05, 0.1) is 13.0 Å². The molecule has 148 valence electrons. The Hall–Kier alpha value is -3.05. The van der Waals surface area contributed by atoms with E-state index in [1.165, 1.54) is 0 Å². The number of para-hydroxylation sites is 1. The molecule has 0 saturated heterocycles. The molecule has 0 amide bonds. The highest BCUT2D eigenvalue weighted by atomic mass is 16.5. The summed E-state index contributed by atoms with van der Waals surface area (Å²) < 4.78 is 5.95. The highest BCUT2D eigenvalue weighted by Crippen LogP contribution is 2.23. The van der Waals surface area contributed by atoms with Crippen molar-refractivity contribution < 1.29 is 14.6 Å². The molecule has 1 atom stereocenters. The number of aliphatic carboxylic acids is 1. The quantitative estimate of drug-likeness (QED) is 0.370. The number of hydrazine groups is 1. The van der Waals surface area contributed by atoms with E-state index in [0.29, 0.717) is 23.4 Å². The second-order valence-corrected chi connectivity index (χ2v) is 6.86. The van der Waals surface area contributed by atoms with Crippen molar-refractivity contribution >= 4 is 5.97 Å². The van der Waals surface area contributed by atoms with Gasteiger partial charge in [0, 0.05) is 5.70 Å². The molecule has 0 radical (unpaired) electrons. The Morgan fingerprint density at radius 1 is 1.14 bits per heavy atom. The van der Waals surface area contributed by atoms with E-state index in [1.54, 1.807) is 11.9 Å². The lowest BCUT2D eigenvalue weighted by Gasteiger charge is -2.23. The van der Waals surface area contributed by atoms with Crippen LogP contribution in [0.4, 0.5) is 0 Å². The number of rotatable bonds is 9. The molecule has 5 nitrogen and oxygen atoms in total. The number of ether oxygens (including phenoxy) is 1. The minimum absolute atomic E-state index is 0.0716. The van der Waals surface area contributed by atoms with Crippen molar-refractivity contribution in [3.63, 3.8) is 0 Å². The van der Waals surface area contributed by atoms with E-state index < -0.39 is 5.97 Å². The number of carbonyl (C=O) groups is 1. The SMILES string of the molecule is C=C(C)/C(CC(=O)O)=C(/C)N(N)Cc1ccc(C(C)Oc2ccccc2)cc1. The largest absolute Gasteiger partial charge is 0.486 e. The van der Waals surface area contributed by atoms with Crippen LogP contribution in [0.2, 0.25) is 0 Å². The molecule has 0 spiro atoms. The second-order valence-electron chi connectivity index (χ2n) is 6.86. The zero-order chi connectivity index (χ0) is 20.7. The zero-order valence-electron chi connectivity index (χ0n) is 16.7. The van der Waals surface area contributed by atoms with E-state index in [1.807, 2.05) is 68.4 Å². The van der Waals surface area contributed by atoms with Crippen molar-refractivity contribution in [3.05, 3.63) is 89.1 Å². The van der Waals surface area contributed by atoms with Gasteiger partial charge in [-0.15, -0.1) is 0 Å². The lowest BCUT2D eigenvalue weighted by atomic mass is 10.0. The molecule has 0 bridgehead atoms. The van der Waals surface area contributed by atoms with Gasteiger partial charge < -0.3 is 14.9 Å². The van der Waals surface area contributed by atoms with Gasteiger partial charge in [0.1, 0.15) is 11.9 Å². The molecule has 2 rings (SSSR count). The van der Waals surface area contributed by atoms with Crippen LogP contribution in [0, 0.1) is 0 Å². The normalized spacial score (nSPS) is 12.7. The maximum atomic E-state index is 11.1. The van der Waals surface area contributed by atoms with Gasteiger partial charge in [-0.3, -0.25) is 4.79 Å². The van der Waals surface area contributed by atoms with Gasteiger partial charge in [-0.2, -0.15) is 0 Å². The minimum atomic E-state index is -0.900. The fraction of sp³-hybridized carbons (Fsp3) is 0.261. The first-order chi connectivity index (χ1) is 13.3. The summed E-state index contributed by atoms with van der Waals surface area (Å²) in [6, 6.07) is 17.8. The van der Waals surface area contributed by atoms with Gasteiger partial charge in [0.25, 0.3) is 0 Å². The Morgan fingerprint density at radius 2 is 1.75 bits per heavy atom. The molecule has 3 N–H and O–H groups in total. The van der Waals surface area contributed by atoms with E-state index in [-0.39, 0.29) is 12.5 Å². The van der Waals surface area contributed by atoms with Crippen molar-refractivity contribution in [2.45, 2.75) is 39.8 Å². The van der Waals surface area contributed by atoms with Crippen molar-refractivity contribution in [3.8, 4) is 5.75 Å². The standard InChI is InChI=1S/C23H28N2O3/c1-16(2)22(14-23(26)27)17(3)25(24)15-19-10-12-20(13-11-19)18(4)28-21-8-6-5-7-9-21/h5-13,18H,1,14-15,24H2,2-4H3,(H,26,27)/b22-17-. The first-order valence-corrected chi connectivity index (χ1v) is 9.18. The number of nitrogens with zero attached hydrogens (tertiary/aromatic N) is 1. The van der Waals surface area contributed by atoms with Crippen LogP contribution in [-0.2, 0) is 11.3 Å². The summed E-state index contributed by atoms with van der Waals surface area (Å²) in [5.41, 5.74) is 4.15. The number of allylic oxidation sites excluding steroid dienone is 2. The molecule has 5 heteroatoms. The lowest BCUT2D eigenvalue weighted by Crippen LogP contribution is -2.30. The summed E-state index contributed by atoms with van der Waals surface area (Å²) in [5.74, 6) is 6.11. The van der Waals surface area contributed by atoms with E-state index in [2.05, 4.69) is 6.58 Å². The number of hydrogen-bond donors (Lipinski definition) is 2. The van der Waals surface area contributed by atoms with Gasteiger partial charge in [-0.1, -0.05) is 54.6 Å². The van der Waals surface area contributed by atoms with Crippen LogP contribution in [-0.4, -0.2) is 16.1 Å². The molecule has 0 heterocycles. The molecular formula is C23H28N2O3. The van der Waals surface area contributed by atoms with Crippen molar-refractivity contribution in [2.24, 2.45) is 5.84 Å². The maximum Gasteiger partial charge on any atom is 0.307 e. The van der Waals surface area contributed by atoms with Crippen molar-refractivity contribution in [2.75, 3.05) is 0 Å². The van der Waals surface area contributed by atoms with Gasteiger partial charge in [0.2, 0.25) is 0 Å². The van der Waals surface area contributed by atoms with E-state index in [0.717, 1.165) is 16.9 Å². The Kier molecular flexibility index (Phi) is 7.41. The zero-order valence-corrected chi connectivity index (χ0v) is 16.7. The number of hydrogen-bond acceptors (Lipinski definition) is 4. The van der Waals surface area contributed by atoms with Crippen molar-refractivity contribution in [1.29, 1.82) is 0 Å². The number of benzene rings is 2. The molecule has 2 aromatic rings. The minimum Gasteiger partial charge on any atom is -0.486 e. The smallest absolute Gasteiger partial charge is 0.307 e. The number of carboxylic acids is 1. The average Bonchev–Trinajstić information content (AvgIpc) is 2.66. The van der Waals surface area contributed by atoms with E-state index in [9.17, 15) is 4.79 Å². The molecule has 0 fully saturated rings. The van der Waals surface area contributed by atoms with E-state index >= 15 is 0 Å². The third kappa shape index (κ3) is 5.99. The Bertz CT molecular complexity index is 842. The fourth-order valence-electron chi connectivity index (χ4n) is 2.89. The third-order valence-electron chi connectivity index (χ3n) is 4.57. The topological polar surface area (TPSA) is 75.8 Å². The molecular weight excluding hydrogens is 352 g/mol. The summed E-state index contributed by atoms with van der Waals surface area (Å²) in [4.78, 5) is 11.1. The van der Waals surface area contributed by atoms with Crippen LogP contribution < -0.4 is 10.6 Å². The first kappa shape index (κ1) is 21.3. The van der Waals surface area contributed by atoms with Crippen LogP contribution in [0.15, 0.2) is 78.0 Å². The maximum absolute atomic E-state index is 11.1. The molecule has 2 aromatic carbocycles. The molecule has 0 aliphatic heterocycles. The van der Waals surface area contributed by atoms with Gasteiger partial charge in [-0.05, 0) is 49.6 Å². The van der Waals surface area contributed by atoms with Gasteiger partial charge in [0.15, 0.2) is 0 Å². The van der Waals surface area contributed by atoms with Crippen LogP contribution in [0.3, 0.4) is 0 Å². The highest BCUT2D eigenvalue weighted by Gasteiger charge is 2.13. The molecule has 0 saturated carbocycles. The summed E-state index contributed by atoms with van der Waals surface area (Å²) in [6.07, 6.45) is -0.167. The first-order valence-electron chi connectivity index (χ1n) is 9.18. The Labute approximate surface area is 166 Å². The predicted octanol–water partition coefficient (Wildman–Crippen LogP) is 4.83. The van der Waals surface area contributed by atoms with Crippen LogP contribution in [0.25, 0.3) is 0 Å². The molecule has 28 heavy (non-hydrogen) atoms. The number of nitrogens with two attached hydrogens (primary N) is 1. The van der Waals surface area contributed by atoms with Gasteiger partial charge >= 0.3 is 5.97 Å². The Balaban J connectivity index is 2.06. The van der Waals surface area contributed by atoms with Gasteiger partial charge in [-0.25, -0.2) is 5.84 Å². The summed E-state index contributed by atoms with van der Waals surface area (Å²) in [7, 11) is 0. The summed E-state index contributed by atoms with van der Waals surface area (Å²) >= 11 is 0. The number of carboxylic acid groups (broad SMARTS) is 1. The predicted molar refractivity (Wildman–Crippen MR) is 111 cm³/mol. The lowest BCUT2D eigenvalue weighted by molar-refractivity contribution is -0.136. The Morgan fingerprint density at radius 3 is 2.29 bits per heavy atom. The fourth-order valence-corrected chi connectivity index (χ4v) is 2.89. The summed E-state index contributed by atoms with van der Waals surface area (Å²) in [6.45, 7) is 9.95. The third-order valence-corrected chi connectivity index (χ3v) is 4.57. The monoisotopic (exact) mass is 380 g/mol. The van der Waals surface area contributed by atoms with Crippen molar-refractivity contribution in [1.82, 2.24) is 5.01 Å². The summed E-state index contributed by atoms with van der Waals surface area (Å²) in [5, 5.41) is 10.7. The van der Waals surface area contributed by atoms with Crippen LogP contribution >= 0.6 is 0 Å². The van der Waals surface area contributed by atoms with Crippen LogP contribution in [0.1, 0.15) is 44.4 Å². The molecule has 0 aromatic heterocycles. The average molecular weight is 380 g/mol. The highest BCUT2D eigenvalue weighted by molar-refractivity contribution is 5.71. The second kappa shape index (κ2) is 9.76. The van der Waals surface area contributed by atoms with Crippen LogP contribution in [0.5, 0.6) is 5.75 Å². The van der Waals surface area contributed by atoms with E-state index in [4.69, 9.17) is 15.7 Å².